The largest absolute Gasteiger partial charge is 0.461 e. The van der Waals surface area contributed by atoms with Crippen molar-refractivity contribution in [1.29, 1.82) is 0 Å². The van der Waals surface area contributed by atoms with E-state index in [1.165, 1.54) is 17.2 Å². The molecule has 1 aliphatic rings. The number of hydrogen-bond acceptors (Lipinski definition) is 7. The SMILES string of the molecule is Br.CC1(C)N=C(N)N=C(N)N1OCc1cccc(OC(F)(F)C(F)F)c1. The Morgan fingerprint density at radius 2 is 1.92 bits per heavy atom. The van der Waals surface area contributed by atoms with E-state index in [4.69, 9.17) is 16.3 Å². The molecule has 2 rings (SSSR count). The highest BCUT2D eigenvalue weighted by molar-refractivity contribution is 8.93. The summed E-state index contributed by atoms with van der Waals surface area (Å²) in [6.07, 6.45) is -8.53. The Balaban J connectivity index is 0.00000338. The molecule has 0 saturated heterocycles. The third kappa shape index (κ3) is 5.21. The Morgan fingerprint density at radius 3 is 2.50 bits per heavy atom. The first-order valence-electron chi connectivity index (χ1n) is 7.08. The molecule has 0 bridgehead atoms. The van der Waals surface area contributed by atoms with E-state index < -0.39 is 23.9 Å². The number of guanidine groups is 2. The monoisotopic (exact) mass is 443 g/mol. The minimum Gasteiger partial charge on any atom is -0.428 e. The summed E-state index contributed by atoms with van der Waals surface area (Å²) in [5, 5.41) is 1.20. The maximum Gasteiger partial charge on any atom is 0.461 e. The van der Waals surface area contributed by atoms with Gasteiger partial charge in [-0.1, -0.05) is 12.1 Å². The van der Waals surface area contributed by atoms with E-state index >= 15 is 0 Å². The smallest absolute Gasteiger partial charge is 0.428 e. The predicted molar refractivity (Wildman–Crippen MR) is 92.3 cm³/mol. The van der Waals surface area contributed by atoms with E-state index in [2.05, 4.69) is 14.7 Å². The number of ether oxygens (including phenoxy) is 1. The summed E-state index contributed by atoms with van der Waals surface area (Å²) in [4.78, 5) is 13.3. The lowest BCUT2D eigenvalue weighted by molar-refractivity contribution is -0.253. The summed E-state index contributed by atoms with van der Waals surface area (Å²) in [5.41, 5.74) is 10.7. The first-order chi connectivity index (χ1) is 11.5. The van der Waals surface area contributed by atoms with Crippen LogP contribution in [0.4, 0.5) is 17.6 Å². The number of nitrogens with zero attached hydrogens (tertiary/aromatic N) is 3. The minimum absolute atomic E-state index is 0. The fourth-order valence-electron chi connectivity index (χ4n) is 2.06. The second-order valence-electron chi connectivity index (χ2n) is 5.61. The van der Waals surface area contributed by atoms with Gasteiger partial charge in [-0.15, -0.1) is 17.0 Å². The van der Waals surface area contributed by atoms with Gasteiger partial charge in [-0.2, -0.15) is 27.6 Å². The topological polar surface area (TPSA) is 98.5 Å². The molecule has 1 aromatic carbocycles. The minimum atomic E-state index is -4.59. The highest BCUT2D eigenvalue weighted by Gasteiger charge is 2.44. The molecular formula is C14H18BrF4N5O2. The molecule has 0 unspecified atom stereocenters. The van der Waals surface area contributed by atoms with Crippen LogP contribution >= 0.6 is 17.0 Å². The first-order valence-corrected chi connectivity index (χ1v) is 7.08. The summed E-state index contributed by atoms with van der Waals surface area (Å²) in [7, 11) is 0. The van der Waals surface area contributed by atoms with Gasteiger partial charge in [0.1, 0.15) is 12.4 Å². The molecule has 7 nitrogen and oxygen atoms in total. The summed E-state index contributed by atoms with van der Waals surface area (Å²) in [5.74, 6) is -0.464. The average molecular weight is 444 g/mol. The molecule has 0 saturated carbocycles. The van der Waals surface area contributed by atoms with Crippen molar-refractivity contribution in [3.05, 3.63) is 29.8 Å². The van der Waals surface area contributed by atoms with Gasteiger partial charge in [-0.3, -0.25) is 4.84 Å². The molecule has 4 N–H and O–H groups in total. The molecule has 1 aromatic rings. The average Bonchev–Trinajstić information content (AvgIpc) is 2.44. The number of alkyl halides is 4. The van der Waals surface area contributed by atoms with E-state index in [0.717, 1.165) is 12.1 Å². The molecule has 1 aliphatic heterocycles. The maximum atomic E-state index is 13.0. The second-order valence-corrected chi connectivity index (χ2v) is 5.61. The van der Waals surface area contributed by atoms with Gasteiger partial charge in [0.25, 0.3) is 0 Å². The lowest BCUT2D eigenvalue weighted by Gasteiger charge is -2.36. The van der Waals surface area contributed by atoms with Crippen LogP contribution in [0.15, 0.2) is 34.3 Å². The zero-order valence-corrected chi connectivity index (χ0v) is 15.5. The highest BCUT2D eigenvalue weighted by atomic mass is 79.9. The third-order valence-corrected chi connectivity index (χ3v) is 3.09. The second kappa shape index (κ2) is 8.08. The van der Waals surface area contributed by atoms with Crippen LogP contribution in [0.3, 0.4) is 0 Å². The van der Waals surface area contributed by atoms with Crippen molar-refractivity contribution in [1.82, 2.24) is 5.06 Å². The van der Waals surface area contributed by atoms with Gasteiger partial charge in [0.2, 0.25) is 11.9 Å². The summed E-state index contributed by atoms with van der Waals surface area (Å²) in [6.45, 7) is 3.22. The van der Waals surface area contributed by atoms with Crippen LogP contribution in [0.1, 0.15) is 19.4 Å². The van der Waals surface area contributed by atoms with Gasteiger partial charge >= 0.3 is 12.5 Å². The normalized spacial score (nSPS) is 16.7. The first kappa shape index (κ1) is 22.0. The molecule has 0 fully saturated rings. The number of halogens is 5. The van der Waals surface area contributed by atoms with Crippen LogP contribution in [0.5, 0.6) is 5.75 Å². The van der Waals surface area contributed by atoms with Crippen molar-refractivity contribution < 1.29 is 27.1 Å². The number of rotatable bonds is 6. The predicted octanol–water partition coefficient (Wildman–Crippen LogP) is 2.61. The molecule has 0 atom stereocenters. The molecule has 26 heavy (non-hydrogen) atoms. The Labute approximate surface area is 157 Å². The molecule has 0 aliphatic carbocycles. The van der Waals surface area contributed by atoms with Crippen molar-refractivity contribution in [3.8, 4) is 5.75 Å². The van der Waals surface area contributed by atoms with E-state index in [9.17, 15) is 17.6 Å². The number of hydrogen-bond donors (Lipinski definition) is 2. The van der Waals surface area contributed by atoms with E-state index in [-0.39, 0.29) is 35.5 Å². The summed E-state index contributed by atoms with van der Waals surface area (Å²) in [6, 6.07) is 5.18. The zero-order valence-electron chi connectivity index (χ0n) is 13.8. The highest BCUT2D eigenvalue weighted by Crippen LogP contribution is 2.28. The Hall–Kier alpha value is -2.08. The van der Waals surface area contributed by atoms with Gasteiger partial charge in [0.15, 0.2) is 5.66 Å². The van der Waals surface area contributed by atoms with Crippen LogP contribution in [0, 0.1) is 0 Å². The fraction of sp³-hybridized carbons (Fsp3) is 0.429. The lowest BCUT2D eigenvalue weighted by atomic mass is 10.2. The number of benzene rings is 1. The Kier molecular flexibility index (Phi) is 6.82. The maximum absolute atomic E-state index is 13.0. The zero-order chi connectivity index (χ0) is 18.8. The van der Waals surface area contributed by atoms with Crippen LogP contribution in [-0.4, -0.2) is 35.2 Å². The van der Waals surface area contributed by atoms with E-state index in [0.29, 0.717) is 5.56 Å². The van der Waals surface area contributed by atoms with Gasteiger partial charge in [-0.05, 0) is 31.5 Å². The van der Waals surface area contributed by atoms with Gasteiger partial charge in [-0.25, -0.2) is 4.99 Å². The molecule has 0 spiro atoms. The summed E-state index contributed by atoms with van der Waals surface area (Å²) < 4.78 is 54.3. The van der Waals surface area contributed by atoms with Crippen molar-refractivity contribution >= 4 is 28.9 Å². The van der Waals surface area contributed by atoms with Crippen LogP contribution in [-0.2, 0) is 11.4 Å². The molecule has 12 heteroatoms. The van der Waals surface area contributed by atoms with Gasteiger partial charge in [0.05, 0.1) is 0 Å². The molecule has 0 amide bonds. The van der Waals surface area contributed by atoms with Crippen LogP contribution < -0.4 is 16.2 Å². The summed E-state index contributed by atoms with van der Waals surface area (Å²) >= 11 is 0. The number of nitrogens with two attached hydrogens (primary N) is 2. The fourth-order valence-corrected chi connectivity index (χ4v) is 2.06. The number of aliphatic imine (C=N–C) groups is 2. The Bertz CT molecular complexity index is 700. The van der Waals surface area contributed by atoms with Gasteiger partial charge in [0, 0.05) is 0 Å². The quantitative estimate of drug-likeness (QED) is 0.658. The van der Waals surface area contributed by atoms with E-state index in [1.807, 2.05) is 0 Å². The van der Waals surface area contributed by atoms with Crippen molar-refractivity contribution in [3.63, 3.8) is 0 Å². The van der Waals surface area contributed by atoms with Crippen molar-refractivity contribution in [2.75, 3.05) is 0 Å². The molecule has 146 valence electrons. The van der Waals surface area contributed by atoms with Crippen LogP contribution in [0.25, 0.3) is 0 Å². The molecule has 1 heterocycles. The Morgan fingerprint density at radius 1 is 1.27 bits per heavy atom. The molecular weight excluding hydrogens is 426 g/mol. The number of hydroxylamine groups is 2. The molecule has 0 aromatic heterocycles. The van der Waals surface area contributed by atoms with Gasteiger partial charge < -0.3 is 16.2 Å². The standard InChI is InChI=1S/C14H17F4N5O2.BrH/c1-13(2)22-11(19)21-12(20)23(13)24-7-8-4-3-5-9(6-8)25-14(17,18)10(15)16;/h3-6,10H,7H2,1-2H3,(H4,19,20,21,22);1H. The van der Waals surface area contributed by atoms with E-state index in [1.54, 1.807) is 13.8 Å². The van der Waals surface area contributed by atoms with Crippen molar-refractivity contribution in [2.45, 2.75) is 38.7 Å². The van der Waals surface area contributed by atoms with Crippen LogP contribution in [0.2, 0.25) is 0 Å². The third-order valence-electron chi connectivity index (χ3n) is 3.09. The van der Waals surface area contributed by atoms with Crippen molar-refractivity contribution in [2.24, 2.45) is 21.5 Å². The molecule has 0 radical (unpaired) electrons. The lowest BCUT2D eigenvalue weighted by Crippen LogP contribution is -2.53.